The van der Waals surface area contributed by atoms with Crippen LogP contribution in [0.5, 0.6) is 0 Å². The lowest BCUT2D eigenvalue weighted by molar-refractivity contribution is 0.427. The van der Waals surface area contributed by atoms with E-state index in [9.17, 15) is 0 Å². The number of allylic oxidation sites excluding steroid dienone is 5. The van der Waals surface area contributed by atoms with Gasteiger partial charge in [-0.1, -0.05) is 0 Å². The SMILES string of the molecule is CC1=[C+]C=C(O)[C+]=C1. The summed E-state index contributed by atoms with van der Waals surface area (Å²) in [6.07, 6.45) is 8.63. The highest BCUT2D eigenvalue weighted by Gasteiger charge is 2.14. The Bertz CT molecular complexity index is 153. The molecule has 1 nitrogen and oxygen atoms in total. The molecule has 1 aliphatic rings. The molecular weight excluding hydrogens is 100 g/mol. The molecule has 0 aromatic heterocycles. The van der Waals surface area contributed by atoms with Crippen LogP contribution < -0.4 is 0 Å². The highest BCUT2D eigenvalue weighted by atomic mass is 16.3. The zero-order chi connectivity index (χ0) is 5.98. The average Bonchev–Trinajstić information content (AvgIpc) is 1.77. The third-order valence-corrected chi connectivity index (χ3v) is 0.873. The first-order valence-corrected chi connectivity index (χ1v) is 2.38. The largest absolute Gasteiger partial charge is 0.421 e. The van der Waals surface area contributed by atoms with Gasteiger partial charge in [-0.2, -0.15) is 0 Å². The lowest BCUT2D eigenvalue weighted by atomic mass is 10.2. The van der Waals surface area contributed by atoms with Crippen molar-refractivity contribution in [1.82, 2.24) is 0 Å². The summed E-state index contributed by atoms with van der Waals surface area (Å²) in [4.78, 5) is 0. The van der Waals surface area contributed by atoms with Crippen molar-refractivity contribution in [1.29, 1.82) is 0 Å². The summed E-state index contributed by atoms with van der Waals surface area (Å²) in [5.74, 6) is 0.149. The Morgan fingerprint density at radius 1 is 1.62 bits per heavy atom. The first-order chi connectivity index (χ1) is 3.79. The van der Waals surface area contributed by atoms with Gasteiger partial charge >= 0.3 is 5.76 Å². The average molecular weight is 106 g/mol. The first-order valence-electron chi connectivity index (χ1n) is 2.38. The van der Waals surface area contributed by atoms with Crippen molar-refractivity contribution in [3.05, 3.63) is 35.6 Å². The second-order valence-corrected chi connectivity index (χ2v) is 1.65. The predicted octanol–water partition coefficient (Wildman–Crippen LogP) is 1.55. The molecule has 1 heteroatoms. The highest BCUT2D eigenvalue weighted by Crippen LogP contribution is 2.03. The van der Waals surface area contributed by atoms with Crippen molar-refractivity contribution in [2.24, 2.45) is 0 Å². The summed E-state index contributed by atoms with van der Waals surface area (Å²) in [5, 5.41) is 8.67. The van der Waals surface area contributed by atoms with Crippen LogP contribution in [-0.2, 0) is 0 Å². The molecule has 0 radical (unpaired) electrons. The maximum absolute atomic E-state index is 8.67. The predicted molar refractivity (Wildman–Crippen MR) is 31.0 cm³/mol. The van der Waals surface area contributed by atoms with Gasteiger partial charge in [0.1, 0.15) is 0 Å². The van der Waals surface area contributed by atoms with Gasteiger partial charge < -0.3 is 5.11 Å². The molecule has 0 aromatic rings. The van der Waals surface area contributed by atoms with Crippen molar-refractivity contribution in [2.75, 3.05) is 0 Å². The second kappa shape index (κ2) is 1.75. The molecule has 1 rings (SSSR count). The van der Waals surface area contributed by atoms with Crippen LogP contribution in [0.4, 0.5) is 0 Å². The Hall–Kier alpha value is -1.16. The molecule has 0 spiro atoms. The highest BCUT2D eigenvalue weighted by molar-refractivity contribution is 5.26. The molecule has 0 aromatic carbocycles. The molecule has 38 valence electrons. The maximum Gasteiger partial charge on any atom is 0.402 e. The first kappa shape index (κ1) is 4.99. The summed E-state index contributed by atoms with van der Waals surface area (Å²) >= 11 is 0. The molecule has 8 heavy (non-hydrogen) atoms. The third kappa shape index (κ3) is 0.913. The number of aliphatic hydroxyl groups excluding tert-OH is 1. The van der Waals surface area contributed by atoms with Gasteiger partial charge in [-0.15, -0.1) is 0 Å². The van der Waals surface area contributed by atoms with Gasteiger partial charge in [0.2, 0.25) is 17.7 Å². The van der Waals surface area contributed by atoms with Crippen LogP contribution in [0, 0.1) is 12.2 Å². The number of rotatable bonds is 0. The molecule has 0 amide bonds. The van der Waals surface area contributed by atoms with Crippen molar-refractivity contribution in [3.63, 3.8) is 0 Å². The molecule has 0 saturated heterocycles. The van der Waals surface area contributed by atoms with Crippen LogP contribution in [0.2, 0.25) is 0 Å². The van der Waals surface area contributed by atoms with Crippen LogP contribution in [0.25, 0.3) is 0 Å². The zero-order valence-corrected chi connectivity index (χ0v) is 4.60. The molecular formula is C7H6O+2. The van der Waals surface area contributed by atoms with Gasteiger partial charge in [0.25, 0.3) is 6.08 Å². The Kier molecular flexibility index (Phi) is 1.09. The van der Waals surface area contributed by atoms with Crippen LogP contribution >= 0.6 is 0 Å². The molecule has 0 unspecified atom stereocenters. The van der Waals surface area contributed by atoms with Gasteiger partial charge in [-0.05, 0) is 0 Å². The molecule has 1 N–H and O–H groups in total. The summed E-state index contributed by atoms with van der Waals surface area (Å²) in [5.41, 5.74) is 0.989. The van der Waals surface area contributed by atoms with Crippen molar-refractivity contribution < 1.29 is 5.11 Å². The molecule has 0 aliphatic heterocycles. The van der Waals surface area contributed by atoms with Gasteiger partial charge in [-0.25, -0.2) is 0 Å². The molecule has 0 bridgehead atoms. The van der Waals surface area contributed by atoms with E-state index in [1.807, 2.05) is 6.92 Å². The fraction of sp³-hybridized carbons (Fsp3) is 0.143. The molecule has 0 heterocycles. The van der Waals surface area contributed by atoms with Crippen LogP contribution in [0.3, 0.4) is 0 Å². The van der Waals surface area contributed by atoms with Crippen molar-refractivity contribution in [3.8, 4) is 0 Å². The lowest BCUT2D eigenvalue weighted by Crippen LogP contribution is -1.80. The minimum Gasteiger partial charge on any atom is -0.421 e. The van der Waals surface area contributed by atoms with Crippen LogP contribution in [0.1, 0.15) is 6.92 Å². The van der Waals surface area contributed by atoms with E-state index in [1.165, 1.54) is 6.08 Å². The third-order valence-electron chi connectivity index (χ3n) is 0.873. The van der Waals surface area contributed by atoms with Crippen molar-refractivity contribution in [2.45, 2.75) is 6.92 Å². The van der Waals surface area contributed by atoms with Gasteiger partial charge in [0, 0.05) is 6.92 Å². The van der Waals surface area contributed by atoms with Gasteiger partial charge in [0.15, 0.2) is 6.08 Å². The van der Waals surface area contributed by atoms with Gasteiger partial charge in [0.05, 0.1) is 0 Å². The number of hydrogen-bond donors (Lipinski definition) is 1. The van der Waals surface area contributed by atoms with Gasteiger partial charge in [-0.3, -0.25) is 0 Å². The minimum atomic E-state index is 0.149. The van der Waals surface area contributed by atoms with E-state index in [0.29, 0.717) is 0 Å². The van der Waals surface area contributed by atoms with E-state index in [-0.39, 0.29) is 5.76 Å². The fourth-order valence-electron chi connectivity index (χ4n) is 0.448. The molecule has 1 aliphatic carbocycles. The second-order valence-electron chi connectivity index (χ2n) is 1.65. The van der Waals surface area contributed by atoms with E-state index >= 15 is 0 Å². The Morgan fingerprint density at radius 2 is 2.38 bits per heavy atom. The summed E-state index contributed by atoms with van der Waals surface area (Å²) in [6, 6.07) is 0. The molecule has 0 fully saturated rings. The Labute approximate surface area is 48.6 Å². The molecule has 0 atom stereocenters. The zero-order valence-electron chi connectivity index (χ0n) is 4.60. The van der Waals surface area contributed by atoms with E-state index in [1.54, 1.807) is 6.08 Å². The fourth-order valence-corrected chi connectivity index (χ4v) is 0.448. The summed E-state index contributed by atoms with van der Waals surface area (Å²) in [6.45, 7) is 1.90. The molecule has 0 saturated carbocycles. The van der Waals surface area contributed by atoms with E-state index in [4.69, 9.17) is 5.11 Å². The normalized spacial score (nSPS) is 15.6. The maximum atomic E-state index is 8.67. The standard InChI is InChI=1S/C7H5O/c1-6-2-4-7(8)5-3-6/h2,5H,1H3/q+1/p+1. The van der Waals surface area contributed by atoms with E-state index < -0.39 is 0 Å². The Morgan fingerprint density at radius 3 is 2.75 bits per heavy atom. The topological polar surface area (TPSA) is 20.2 Å². The summed E-state index contributed by atoms with van der Waals surface area (Å²) < 4.78 is 0. The Balaban J connectivity index is 2.86. The number of aliphatic hydroxyl groups is 1. The smallest absolute Gasteiger partial charge is 0.402 e. The quantitative estimate of drug-likeness (QED) is 0.464. The van der Waals surface area contributed by atoms with E-state index in [0.717, 1.165) is 5.57 Å². The van der Waals surface area contributed by atoms with Crippen LogP contribution in [-0.4, -0.2) is 5.11 Å². The monoisotopic (exact) mass is 106 g/mol. The van der Waals surface area contributed by atoms with Crippen LogP contribution in [0.15, 0.2) is 23.5 Å². The summed E-state index contributed by atoms with van der Waals surface area (Å²) in [7, 11) is 0. The lowest BCUT2D eigenvalue weighted by Gasteiger charge is -1.71. The van der Waals surface area contributed by atoms with Crippen molar-refractivity contribution >= 4 is 0 Å². The number of hydrogen-bond acceptors (Lipinski definition) is 1. The minimum absolute atomic E-state index is 0.149. The van der Waals surface area contributed by atoms with E-state index in [2.05, 4.69) is 12.2 Å².